The van der Waals surface area contributed by atoms with Crippen LogP contribution in [0.5, 0.6) is 0 Å². The van der Waals surface area contributed by atoms with Crippen LogP contribution in [0.25, 0.3) is 11.1 Å². The van der Waals surface area contributed by atoms with Crippen LogP contribution in [0.1, 0.15) is 39.3 Å². The number of carbonyl (C=O) groups is 2. The number of aromatic amines is 1. The summed E-state index contributed by atoms with van der Waals surface area (Å²) < 4.78 is 3.07. The number of allylic oxidation sites excluding steroid dienone is 1. The first-order valence-electron chi connectivity index (χ1n) is 9.72. The van der Waals surface area contributed by atoms with Crippen LogP contribution in [-0.4, -0.2) is 44.0 Å². The zero-order valence-electron chi connectivity index (χ0n) is 16.8. The lowest BCUT2D eigenvalue weighted by atomic mass is 9.99. The van der Waals surface area contributed by atoms with Crippen LogP contribution in [0.3, 0.4) is 0 Å². The molecule has 152 valence electrons. The van der Waals surface area contributed by atoms with Gasteiger partial charge in [-0.05, 0) is 75.1 Å². The highest BCUT2D eigenvalue weighted by Crippen LogP contribution is 2.44. The first kappa shape index (κ1) is 19.8. The van der Waals surface area contributed by atoms with Gasteiger partial charge >= 0.3 is 0 Å². The number of H-pyrrole nitrogens is 1. The number of benzene rings is 1. The van der Waals surface area contributed by atoms with E-state index in [-0.39, 0.29) is 11.8 Å². The molecule has 2 amide bonds. The van der Waals surface area contributed by atoms with Gasteiger partial charge in [0.25, 0.3) is 11.8 Å². The average Bonchev–Trinajstić information content (AvgIpc) is 3.32. The van der Waals surface area contributed by atoms with E-state index in [2.05, 4.69) is 25.7 Å². The van der Waals surface area contributed by atoms with Gasteiger partial charge in [0.05, 0.1) is 11.1 Å². The summed E-state index contributed by atoms with van der Waals surface area (Å²) in [6.45, 7) is 3.21. The van der Waals surface area contributed by atoms with Crippen LogP contribution in [0.2, 0.25) is 0 Å². The molecule has 8 heteroatoms. The largest absolute Gasteiger partial charge is 0.358 e. The number of carbonyl (C=O) groups excluding carboxylic acids is 2. The Hall–Kier alpha value is -2.55. The molecule has 0 bridgehead atoms. The summed E-state index contributed by atoms with van der Waals surface area (Å²) in [5, 5.41) is 8.96. The highest BCUT2D eigenvalue weighted by Gasteiger charge is 2.34. The number of amides is 2. The van der Waals surface area contributed by atoms with Crippen LogP contribution in [0.4, 0.5) is 5.69 Å². The maximum Gasteiger partial charge on any atom is 0.256 e. The smallest absolute Gasteiger partial charge is 0.256 e. The third-order valence-corrected chi connectivity index (χ3v) is 6.06. The van der Waals surface area contributed by atoms with Crippen molar-refractivity contribution < 1.29 is 9.59 Å². The van der Waals surface area contributed by atoms with E-state index in [1.54, 1.807) is 0 Å². The molecule has 7 nitrogen and oxygen atoms in total. The Bertz CT molecular complexity index is 1020. The molecule has 5 N–H and O–H groups in total. The topological polar surface area (TPSA) is 98.0 Å². The standard InChI is InChI=1S/C21H25N5O2S/c1-11-17(20(27)24-9-8-22-2)13-5-6-14(19(13)25-11)18-15-10-12(29-23-3)4-7-16(15)26-21(18)28/h4,7,10,22-23,25H,5-6,8-9H2,1-3H3,(H,24,27)(H,26,28)/b18-14-. The first-order chi connectivity index (χ1) is 14.0. The molecule has 1 aromatic carbocycles. The van der Waals surface area contributed by atoms with Crippen molar-refractivity contribution >= 4 is 40.6 Å². The number of hydrogen-bond acceptors (Lipinski definition) is 5. The molecule has 2 aliphatic rings. The Balaban J connectivity index is 1.75. The minimum Gasteiger partial charge on any atom is -0.358 e. The van der Waals surface area contributed by atoms with E-state index in [4.69, 9.17) is 0 Å². The molecule has 0 radical (unpaired) electrons. The van der Waals surface area contributed by atoms with Gasteiger partial charge < -0.3 is 20.9 Å². The highest BCUT2D eigenvalue weighted by molar-refractivity contribution is 7.97. The van der Waals surface area contributed by atoms with Crippen molar-refractivity contribution in [1.82, 2.24) is 20.3 Å². The number of anilines is 1. The fourth-order valence-corrected chi connectivity index (χ4v) is 4.68. The summed E-state index contributed by atoms with van der Waals surface area (Å²) in [5.41, 5.74) is 6.93. The Morgan fingerprint density at radius 3 is 2.79 bits per heavy atom. The lowest BCUT2D eigenvalue weighted by molar-refractivity contribution is -0.110. The lowest BCUT2D eigenvalue weighted by Crippen LogP contribution is -2.31. The summed E-state index contributed by atoms with van der Waals surface area (Å²) in [6.07, 6.45) is 1.49. The molecular formula is C21H25N5O2S. The van der Waals surface area contributed by atoms with Crippen LogP contribution in [-0.2, 0) is 11.2 Å². The van der Waals surface area contributed by atoms with Gasteiger partial charge in [0.15, 0.2) is 0 Å². The predicted octanol–water partition coefficient (Wildman–Crippen LogP) is 2.31. The zero-order chi connectivity index (χ0) is 20.5. The minimum absolute atomic E-state index is 0.0644. The number of aromatic nitrogens is 1. The van der Waals surface area contributed by atoms with Crippen LogP contribution < -0.4 is 20.7 Å². The van der Waals surface area contributed by atoms with Gasteiger partial charge in [-0.15, -0.1) is 0 Å². The van der Waals surface area contributed by atoms with E-state index in [1.165, 1.54) is 11.9 Å². The molecule has 0 saturated carbocycles. The van der Waals surface area contributed by atoms with E-state index in [1.807, 2.05) is 39.2 Å². The number of fused-ring (bicyclic) bond motifs is 2. The van der Waals surface area contributed by atoms with Crippen molar-refractivity contribution in [2.75, 3.05) is 32.5 Å². The van der Waals surface area contributed by atoms with Gasteiger partial charge in [-0.2, -0.15) is 0 Å². The van der Waals surface area contributed by atoms with E-state index in [0.717, 1.165) is 58.1 Å². The summed E-state index contributed by atoms with van der Waals surface area (Å²) in [5.74, 6) is -0.146. The third-order valence-electron chi connectivity index (χ3n) is 5.36. The average molecular weight is 412 g/mol. The number of likely N-dealkylation sites (N-methyl/N-ethyl adjacent to an activating group) is 1. The molecule has 2 heterocycles. The van der Waals surface area contributed by atoms with Gasteiger partial charge in [0.1, 0.15) is 0 Å². The first-order valence-corrected chi connectivity index (χ1v) is 10.5. The molecule has 0 spiro atoms. The molecule has 0 fully saturated rings. The van der Waals surface area contributed by atoms with Crippen molar-refractivity contribution in [1.29, 1.82) is 0 Å². The normalized spacial score (nSPS) is 17.3. The SMILES string of the molecule is CNCCNC(=O)c1c(C)[nH]c2c1CC/C2=C1/C(=O)Nc2ccc(SNC)cc21. The van der Waals surface area contributed by atoms with Crippen molar-refractivity contribution in [2.24, 2.45) is 0 Å². The lowest BCUT2D eigenvalue weighted by Gasteiger charge is -2.06. The van der Waals surface area contributed by atoms with Gasteiger partial charge in [-0.3, -0.25) is 14.3 Å². The maximum absolute atomic E-state index is 12.8. The van der Waals surface area contributed by atoms with Gasteiger partial charge in [-0.25, -0.2) is 0 Å². The maximum atomic E-state index is 12.8. The molecule has 0 unspecified atom stereocenters. The second-order valence-electron chi connectivity index (χ2n) is 7.16. The molecule has 4 rings (SSSR count). The quantitative estimate of drug-likeness (QED) is 0.285. The summed E-state index contributed by atoms with van der Waals surface area (Å²) >= 11 is 1.52. The summed E-state index contributed by atoms with van der Waals surface area (Å²) in [6, 6.07) is 5.97. The number of rotatable bonds is 6. The van der Waals surface area contributed by atoms with E-state index >= 15 is 0 Å². The van der Waals surface area contributed by atoms with E-state index < -0.39 is 0 Å². The fourth-order valence-electron chi connectivity index (χ4n) is 4.13. The Morgan fingerprint density at radius 2 is 2.03 bits per heavy atom. The van der Waals surface area contributed by atoms with Crippen LogP contribution >= 0.6 is 11.9 Å². The van der Waals surface area contributed by atoms with Crippen LogP contribution in [0, 0.1) is 6.92 Å². The fraction of sp³-hybridized carbons (Fsp3) is 0.333. The third kappa shape index (κ3) is 3.48. The van der Waals surface area contributed by atoms with Crippen molar-refractivity contribution in [3.8, 4) is 0 Å². The number of aryl methyl sites for hydroxylation is 1. The summed E-state index contributed by atoms with van der Waals surface area (Å²) in [7, 11) is 3.73. The van der Waals surface area contributed by atoms with Crippen LogP contribution in [0.15, 0.2) is 23.1 Å². The monoisotopic (exact) mass is 411 g/mol. The van der Waals surface area contributed by atoms with E-state index in [0.29, 0.717) is 17.7 Å². The zero-order valence-corrected chi connectivity index (χ0v) is 17.6. The Labute approximate surface area is 174 Å². The number of hydrogen-bond donors (Lipinski definition) is 5. The second-order valence-corrected chi connectivity index (χ2v) is 8.24. The van der Waals surface area contributed by atoms with Gasteiger partial charge in [0, 0.05) is 40.6 Å². The molecule has 0 saturated heterocycles. The van der Waals surface area contributed by atoms with Crippen molar-refractivity contribution in [3.05, 3.63) is 46.3 Å². The predicted molar refractivity (Wildman–Crippen MR) is 117 cm³/mol. The van der Waals surface area contributed by atoms with Crippen molar-refractivity contribution in [3.63, 3.8) is 0 Å². The molecular weight excluding hydrogens is 386 g/mol. The van der Waals surface area contributed by atoms with Gasteiger partial charge in [0.2, 0.25) is 0 Å². The van der Waals surface area contributed by atoms with Gasteiger partial charge in [-0.1, -0.05) is 0 Å². The molecule has 2 aromatic rings. The highest BCUT2D eigenvalue weighted by atomic mass is 32.2. The Kier molecular flexibility index (Phi) is 5.49. The Morgan fingerprint density at radius 1 is 1.21 bits per heavy atom. The molecule has 1 aliphatic heterocycles. The molecule has 1 aromatic heterocycles. The summed E-state index contributed by atoms with van der Waals surface area (Å²) in [4.78, 5) is 29.9. The number of nitrogens with one attached hydrogen (secondary N) is 5. The molecule has 29 heavy (non-hydrogen) atoms. The van der Waals surface area contributed by atoms with E-state index in [9.17, 15) is 9.59 Å². The minimum atomic E-state index is -0.0817. The molecule has 1 aliphatic carbocycles. The van der Waals surface area contributed by atoms with Crippen molar-refractivity contribution in [2.45, 2.75) is 24.7 Å². The second kappa shape index (κ2) is 8.06. The molecule has 0 atom stereocenters.